The number of benzene rings is 1. The number of ether oxygens (including phenoxy) is 1. The van der Waals surface area contributed by atoms with E-state index in [9.17, 15) is 13.6 Å². The zero-order chi connectivity index (χ0) is 10.8. The Hall–Kier alpha value is -1.98. The van der Waals surface area contributed by atoms with E-state index in [-0.39, 0.29) is 6.61 Å². The first kappa shape index (κ1) is 9.57. The number of hydrogen-bond acceptors (Lipinski definition) is 3. The molecule has 0 radical (unpaired) electrons. The van der Waals surface area contributed by atoms with Crippen molar-refractivity contribution in [2.24, 2.45) is 5.10 Å². The molecule has 4 nitrogen and oxygen atoms in total. The van der Waals surface area contributed by atoms with Crippen molar-refractivity contribution >= 4 is 11.8 Å². The first-order valence-corrected chi connectivity index (χ1v) is 4.11. The van der Waals surface area contributed by atoms with Crippen LogP contribution in [-0.2, 0) is 4.74 Å². The number of nitrogens with zero attached hydrogens (tertiary/aromatic N) is 1. The van der Waals surface area contributed by atoms with E-state index in [0.717, 1.165) is 12.1 Å². The first-order chi connectivity index (χ1) is 7.16. The molecule has 0 unspecified atom stereocenters. The molecule has 78 valence electrons. The SMILES string of the molecule is O=C1NN=C(c2ccc(F)c(F)c2)CO1. The number of nitrogens with one attached hydrogen (secondary N) is 1. The third kappa shape index (κ3) is 1.93. The van der Waals surface area contributed by atoms with E-state index < -0.39 is 17.7 Å². The molecule has 0 atom stereocenters. The summed E-state index contributed by atoms with van der Waals surface area (Å²) >= 11 is 0. The lowest BCUT2D eigenvalue weighted by Crippen LogP contribution is -2.30. The molecule has 6 heteroatoms. The second-order valence-electron chi connectivity index (χ2n) is 2.88. The third-order valence-electron chi connectivity index (χ3n) is 1.87. The maximum absolute atomic E-state index is 12.9. The van der Waals surface area contributed by atoms with E-state index >= 15 is 0 Å². The fraction of sp³-hybridized carbons (Fsp3) is 0.111. The van der Waals surface area contributed by atoms with Crippen LogP contribution in [0.1, 0.15) is 5.56 Å². The normalized spacial score (nSPS) is 15.3. The van der Waals surface area contributed by atoms with Gasteiger partial charge in [0.15, 0.2) is 11.6 Å². The van der Waals surface area contributed by atoms with Gasteiger partial charge < -0.3 is 4.74 Å². The lowest BCUT2D eigenvalue weighted by molar-refractivity contribution is 0.157. The van der Waals surface area contributed by atoms with E-state index in [0.29, 0.717) is 11.3 Å². The average molecular weight is 212 g/mol. The van der Waals surface area contributed by atoms with Gasteiger partial charge in [0.05, 0.1) is 0 Å². The molecule has 2 rings (SSSR count). The summed E-state index contributed by atoms with van der Waals surface area (Å²) in [6.45, 7) is -0.0586. The Kier molecular flexibility index (Phi) is 2.32. The first-order valence-electron chi connectivity index (χ1n) is 4.11. The van der Waals surface area contributed by atoms with Gasteiger partial charge in [0.1, 0.15) is 12.3 Å². The predicted octanol–water partition coefficient (Wildman–Crippen LogP) is 1.41. The third-order valence-corrected chi connectivity index (χ3v) is 1.87. The Morgan fingerprint density at radius 3 is 2.73 bits per heavy atom. The van der Waals surface area contributed by atoms with Crippen LogP contribution in [0.3, 0.4) is 0 Å². The molecule has 0 aromatic heterocycles. The van der Waals surface area contributed by atoms with E-state index in [2.05, 4.69) is 15.3 Å². The van der Waals surface area contributed by atoms with Crippen LogP contribution in [-0.4, -0.2) is 18.4 Å². The number of hydrogen-bond donors (Lipinski definition) is 1. The summed E-state index contributed by atoms with van der Waals surface area (Å²) in [6, 6.07) is 3.34. The van der Waals surface area contributed by atoms with Gasteiger partial charge in [0, 0.05) is 5.56 Å². The summed E-state index contributed by atoms with van der Waals surface area (Å²) < 4.78 is 30.1. The number of carbonyl (C=O) groups is 1. The van der Waals surface area contributed by atoms with Crippen molar-refractivity contribution in [1.82, 2.24) is 5.43 Å². The minimum absolute atomic E-state index is 0.0586. The fourth-order valence-corrected chi connectivity index (χ4v) is 1.14. The van der Waals surface area contributed by atoms with Gasteiger partial charge in [-0.2, -0.15) is 5.10 Å². The zero-order valence-corrected chi connectivity index (χ0v) is 7.46. The average Bonchev–Trinajstić information content (AvgIpc) is 2.23. The van der Waals surface area contributed by atoms with Crippen molar-refractivity contribution < 1.29 is 18.3 Å². The summed E-state index contributed by atoms with van der Waals surface area (Å²) in [5.41, 5.74) is 2.79. The standard InChI is InChI=1S/C9H6F2N2O2/c10-6-2-1-5(3-7(6)11)8-4-15-9(14)13-12-8/h1-3H,4H2,(H,13,14). The molecular weight excluding hydrogens is 206 g/mol. The van der Waals surface area contributed by atoms with Gasteiger partial charge in [-0.25, -0.2) is 19.0 Å². The molecular formula is C9H6F2N2O2. The Morgan fingerprint density at radius 2 is 2.13 bits per heavy atom. The van der Waals surface area contributed by atoms with Gasteiger partial charge in [0.25, 0.3) is 0 Å². The van der Waals surface area contributed by atoms with E-state index in [4.69, 9.17) is 0 Å². The van der Waals surface area contributed by atoms with Crippen molar-refractivity contribution in [3.05, 3.63) is 35.4 Å². The van der Waals surface area contributed by atoms with E-state index in [1.54, 1.807) is 0 Å². The molecule has 0 saturated carbocycles. The van der Waals surface area contributed by atoms with Crippen LogP contribution in [0.5, 0.6) is 0 Å². The molecule has 15 heavy (non-hydrogen) atoms. The van der Waals surface area contributed by atoms with Gasteiger partial charge in [-0.05, 0) is 18.2 Å². The summed E-state index contributed by atoms with van der Waals surface area (Å²) in [6.07, 6.45) is -0.665. The Balaban J connectivity index is 2.30. The van der Waals surface area contributed by atoms with Gasteiger partial charge in [-0.1, -0.05) is 0 Å². The highest BCUT2D eigenvalue weighted by molar-refractivity contribution is 6.03. The molecule has 1 aromatic rings. The van der Waals surface area contributed by atoms with Crippen LogP contribution >= 0.6 is 0 Å². The molecule has 0 saturated heterocycles. The predicted molar refractivity (Wildman–Crippen MR) is 47.4 cm³/mol. The molecule has 0 fully saturated rings. The van der Waals surface area contributed by atoms with Crippen molar-refractivity contribution in [3.63, 3.8) is 0 Å². The highest BCUT2D eigenvalue weighted by Crippen LogP contribution is 2.10. The fourth-order valence-electron chi connectivity index (χ4n) is 1.14. The maximum Gasteiger partial charge on any atom is 0.428 e. The van der Waals surface area contributed by atoms with Crippen molar-refractivity contribution in [2.75, 3.05) is 6.61 Å². The van der Waals surface area contributed by atoms with Gasteiger partial charge in [-0.3, -0.25) is 0 Å². The lowest BCUT2D eigenvalue weighted by atomic mass is 10.1. The van der Waals surface area contributed by atoms with E-state index in [1.165, 1.54) is 6.07 Å². The Labute approximate surface area is 83.5 Å². The quantitative estimate of drug-likeness (QED) is 0.765. The monoisotopic (exact) mass is 212 g/mol. The number of cyclic esters (lactones) is 1. The number of carbonyl (C=O) groups excluding carboxylic acids is 1. The number of amides is 1. The second kappa shape index (κ2) is 3.64. The highest BCUT2D eigenvalue weighted by atomic mass is 19.2. The molecule has 1 amide bonds. The van der Waals surface area contributed by atoms with Crippen LogP contribution in [0.25, 0.3) is 0 Å². The van der Waals surface area contributed by atoms with Gasteiger partial charge in [-0.15, -0.1) is 0 Å². The molecule has 1 aliphatic heterocycles. The molecule has 1 N–H and O–H groups in total. The molecule has 0 spiro atoms. The molecule has 1 aliphatic rings. The molecule has 0 aliphatic carbocycles. The maximum atomic E-state index is 12.9. The van der Waals surface area contributed by atoms with Gasteiger partial charge >= 0.3 is 6.09 Å². The number of halogens is 2. The number of rotatable bonds is 1. The van der Waals surface area contributed by atoms with Crippen LogP contribution in [0.4, 0.5) is 13.6 Å². The summed E-state index contributed by atoms with van der Waals surface area (Å²) in [5.74, 6) is -1.90. The Morgan fingerprint density at radius 1 is 1.33 bits per heavy atom. The minimum Gasteiger partial charge on any atom is -0.442 e. The molecule has 1 heterocycles. The minimum atomic E-state index is -0.966. The largest absolute Gasteiger partial charge is 0.442 e. The van der Waals surface area contributed by atoms with Crippen molar-refractivity contribution in [3.8, 4) is 0 Å². The van der Waals surface area contributed by atoms with Crippen molar-refractivity contribution in [2.45, 2.75) is 0 Å². The second-order valence-corrected chi connectivity index (χ2v) is 2.88. The topological polar surface area (TPSA) is 50.7 Å². The van der Waals surface area contributed by atoms with Crippen LogP contribution < -0.4 is 5.43 Å². The number of hydrazone groups is 1. The van der Waals surface area contributed by atoms with Crippen LogP contribution in [0.2, 0.25) is 0 Å². The smallest absolute Gasteiger partial charge is 0.428 e. The summed E-state index contributed by atoms with van der Waals surface area (Å²) in [4.78, 5) is 10.6. The summed E-state index contributed by atoms with van der Waals surface area (Å²) in [7, 11) is 0. The van der Waals surface area contributed by atoms with Gasteiger partial charge in [0.2, 0.25) is 0 Å². The summed E-state index contributed by atoms with van der Waals surface area (Å²) in [5, 5.41) is 3.65. The van der Waals surface area contributed by atoms with E-state index in [1.807, 2.05) is 0 Å². The lowest BCUT2D eigenvalue weighted by Gasteiger charge is -2.12. The van der Waals surface area contributed by atoms with Crippen molar-refractivity contribution in [1.29, 1.82) is 0 Å². The Bertz CT molecular complexity index is 446. The zero-order valence-electron chi connectivity index (χ0n) is 7.46. The van der Waals surface area contributed by atoms with Crippen LogP contribution in [0.15, 0.2) is 23.3 Å². The van der Waals surface area contributed by atoms with Crippen LogP contribution in [0, 0.1) is 11.6 Å². The molecule has 1 aromatic carbocycles. The highest BCUT2D eigenvalue weighted by Gasteiger charge is 2.15. The molecule has 0 bridgehead atoms.